The number of carbonyl (C=O) groups is 2. The van der Waals surface area contributed by atoms with E-state index in [1.807, 2.05) is 31.2 Å². The average Bonchev–Trinajstić information content (AvgIpc) is 2.95. The lowest BCUT2D eigenvalue weighted by Crippen LogP contribution is -2.32. The van der Waals surface area contributed by atoms with Crippen molar-refractivity contribution < 1.29 is 23.8 Å². The van der Waals surface area contributed by atoms with Crippen molar-refractivity contribution in [1.82, 2.24) is 4.90 Å². The molecule has 0 saturated carbocycles. The molecule has 1 unspecified atom stereocenters. The number of aryl methyl sites for hydroxylation is 1. The summed E-state index contributed by atoms with van der Waals surface area (Å²) in [5, 5.41) is 8.78. The first kappa shape index (κ1) is 18.9. The van der Waals surface area contributed by atoms with Gasteiger partial charge in [-0.3, -0.25) is 4.79 Å². The molecule has 0 aliphatic carbocycles. The Kier molecular flexibility index (Phi) is 6.14. The van der Waals surface area contributed by atoms with E-state index >= 15 is 0 Å². The molecular weight excluding hydrogens is 342 g/mol. The molecule has 134 valence electrons. The molecule has 25 heavy (non-hydrogen) atoms. The van der Waals surface area contributed by atoms with E-state index in [0.29, 0.717) is 11.5 Å². The van der Waals surface area contributed by atoms with Gasteiger partial charge in [0.2, 0.25) is 5.91 Å². The van der Waals surface area contributed by atoms with Gasteiger partial charge in [0, 0.05) is 11.9 Å². The number of hydrogen-bond acceptors (Lipinski definition) is 5. The molecule has 2 rings (SSSR count). The van der Waals surface area contributed by atoms with Crippen molar-refractivity contribution in [3.8, 4) is 5.75 Å². The van der Waals surface area contributed by atoms with Crippen molar-refractivity contribution >= 4 is 23.6 Å². The van der Waals surface area contributed by atoms with Crippen molar-refractivity contribution in [2.45, 2.75) is 30.5 Å². The number of carbonyl (C=O) groups excluding carboxylic acids is 1. The van der Waals surface area contributed by atoms with Crippen molar-refractivity contribution in [2.75, 3.05) is 14.2 Å². The Hall–Kier alpha value is -2.41. The van der Waals surface area contributed by atoms with Gasteiger partial charge in [-0.1, -0.05) is 0 Å². The van der Waals surface area contributed by atoms with Crippen LogP contribution in [-0.4, -0.2) is 41.3 Å². The number of rotatable bonds is 7. The van der Waals surface area contributed by atoms with E-state index < -0.39 is 5.97 Å². The summed E-state index contributed by atoms with van der Waals surface area (Å²) in [5.41, 5.74) is 0.122. The SMILES string of the molecule is COc1ccc(SC(C)C(=O)N(C)Cc2cc(C(=O)O)c(C)o2)cc1. The largest absolute Gasteiger partial charge is 0.497 e. The summed E-state index contributed by atoms with van der Waals surface area (Å²) in [4.78, 5) is 26.1. The van der Waals surface area contributed by atoms with E-state index in [1.54, 1.807) is 21.1 Å². The number of hydrogen-bond donors (Lipinski definition) is 1. The van der Waals surface area contributed by atoms with Gasteiger partial charge in [-0.25, -0.2) is 4.79 Å². The minimum atomic E-state index is -1.04. The predicted octanol–water partition coefficient (Wildman–Crippen LogP) is 3.43. The van der Waals surface area contributed by atoms with Crippen LogP contribution in [-0.2, 0) is 11.3 Å². The fraction of sp³-hybridized carbons (Fsp3) is 0.333. The molecule has 0 saturated heterocycles. The van der Waals surface area contributed by atoms with Crippen molar-refractivity contribution in [3.63, 3.8) is 0 Å². The zero-order chi connectivity index (χ0) is 18.6. The zero-order valence-electron chi connectivity index (χ0n) is 14.6. The maximum absolute atomic E-state index is 12.5. The summed E-state index contributed by atoms with van der Waals surface area (Å²) in [7, 11) is 3.28. The molecule has 6 nitrogen and oxygen atoms in total. The number of carboxylic acids is 1. The van der Waals surface area contributed by atoms with E-state index in [2.05, 4.69) is 0 Å². The summed E-state index contributed by atoms with van der Waals surface area (Å²) >= 11 is 1.45. The van der Waals surface area contributed by atoms with Crippen LogP contribution in [0.5, 0.6) is 5.75 Å². The number of methoxy groups -OCH3 is 1. The van der Waals surface area contributed by atoms with E-state index in [1.165, 1.54) is 22.7 Å². The third-order valence-electron chi connectivity index (χ3n) is 3.69. The maximum Gasteiger partial charge on any atom is 0.339 e. The summed E-state index contributed by atoms with van der Waals surface area (Å²) in [6.45, 7) is 3.65. The minimum Gasteiger partial charge on any atom is -0.497 e. The number of benzene rings is 1. The first-order chi connectivity index (χ1) is 11.8. The molecule has 0 spiro atoms. The number of carboxylic acid groups (broad SMARTS) is 1. The maximum atomic E-state index is 12.5. The second-order valence-corrected chi connectivity index (χ2v) is 7.03. The van der Waals surface area contributed by atoms with Crippen molar-refractivity contribution in [1.29, 1.82) is 0 Å². The highest BCUT2D eigenvalue weighted by Crippen LogP contribution is 2.26. The molecule has 1 atom stereocenters. The first-order valence-corrected chi connectivity index (χ1v) is 8.58. The Morgan fingerprint density at radius 3 is 2.48 bits per heavy atom. The Morgan fingerprint density at radius 2 is 1.96 bits per heavy atom. The monoisotopic (exact) mass is 363 g/mol. The van der Waals surface area contributed by atoms with Crippen LogP contribution in [0.1, 0.15) is 28.8 Å². The van der Waals surface area contributed by atoms with Crippen LogP contribution in [0.25, 0.3) is 0 Å². The van der Waals surface area contributed by atoms with Gasteiger partial charge in [0.05, 0.1) is 18.9 Å². The number of nitrogens with zero attached hydrogens (tertiary/aromatic N) is 1. The molecule has 7 heteroatoms. The van der Waals surface area contributed by atoms with Gasteiger partial charge in [0.1, 0.15) is 22.8 Å². The van der Waals surface area contributed by atoms with E-state index in [0.717, 1.165) is 10.6 Å². The van der Waals surface area contributed by atoms with Crippen LogP contribution in [0.4, 0.5) is 0 Å². The molecule has 0 aliphatic heterocycles. The van der Waals surface area contributed by atoms with Crippen molar-refractivity contribution in [3.05, 3.63) is 47.4 Å². The normalized spacial score (nSPS) is 11.8. The lowest BCUT2D eigenvalue weighted by Gasteiger charge is -2.20. The molecule has 0 bridgehead atoms. The highest BCUT2D eigenvalue weighted by molar-refractivity contribution is 8.00. The standard InChI is InChI=1S/C18H21NO5S/c1-11-16(18(21)22)9-14(24-11)10-19(3)17(20)12(2)25-15-7-5-13(23-4)6-8-15/h5-9,12H,10H2,1-4H3,(H,21,22). The van der Waals surface area contributed by atoms with Gasteiger partial charge < -0.3 is 19.2 Å². The number of aromatic carboxylic acids is 1. The highest BCUT2D eigenvalue weighted by atomic mass is 32.2. The van der Waals surface area contributed by atoms with Crippen LogP contribution in [0, 0.1) is 6.92 Å². The molecule has 1 N–H and O–H groups in total. The predicted molar refractivity (Wildman–Crippen MR) is 95.2 cm³/mol. The fourth-order valence-corrected chi connectivity index (χ4v) is 3.35. The van der Waals surface area contributed by atoms with Gasteiger partial charge >= 0.3 is 5.97 Å². The molecule has 1 aromatic heterocycles. The number of furan rings is 1. The third kappa shape index (κ3) is 4.79. The Balaban J connectivity index is 1.98. The van der Waals surface area contributed by atoms with Crippen LogP contribution in [0.15, 0.2) is 39.6 Å². The Morgan fingerprint density at radius 1 is 1.32 bits per heavy atom. The van der Waals surface area contributed by atoms with Gasteiger partial charge in [-0.2, -0.15) is 0 Å². The third-order valence-corrected chi connectivity index (χ3v) is 4.79. The molecule has 0 fully saturated rings. The highest BCUT2D eigenvalue weighted by Gasteiger charge is 2.21. The first-order valence-electron chi connectivity index (χ1n) is 7.70. The summed E-state index contributed by atoms with van der Waals surface area (Å²) in [6.07, 6.45) is 0. The van der Waals surface area contributed by atoms with Crippen LogP contribution < -0.4 is 4.74 Å². The van der Waals surface area contributed by atoms with Crippen LogP contribution >= 0.6 is 11.8 Å². The topological polar surface area (TPSA) is 80.0 Å². The average molecular weight is 363 g/mol. The van der Waals surface area contributed by atoms with E-state index in [9.17, 15) is 9.59 Å². The van der Waals surface area contributed by atoms with E-state index in [4.69, 9.17) is 14.3 Å². The second kappa shape index (κ2) is 8.11. The molecule has 1 aromatic carbocycles. The van der Waals surface area contributed by atoms with Crippen molar-refractivity contribution in [2.24, 2.45) is 0 Å². The molecular formula is C18H21NO5S. The molecule has 1 amide bonds. The van der Waals surface area contributed by atoms with Gasteiger partial charge in [0.25, 0.3) is 0 Å². The number of amides is 1. The molecule has 2 aromatic rings. The minimum absolute atomic E-state index is 0.0632. The fourth-order valence-electron chi connectivity index (χ4n) is 2.36. The molecule has 1 heterocycles. The van der Waals surface area contributed by atoms with Gasteiger partial charge in [-0.15, -0.1) is 11.8 Å². The second-order valence-electron chi connectivity index (χ2n) is 5.62. The van der Waals surface area contributed by atoms with Gasteiger partial charge in [-0.05, 0) is 44.2 Å². The molecule has 0 aliphatic rings. The summed E-state index contributed by atoms with van der Waals surface area (Å²) in [6, 6.07) is 8.97. The zero-order valence-corrected chi connectivity index (χ0v) is 15.4. The van der Waals surface area contributed by atoms with Crippen LogP contribution in [0.2, 0.25) is 0 Å². The summed E-state index contributed by atoms with van der Waals surface area (Å²) in [5.74, 6) is 0.455. The van der Waals surface area contributed by atoms with Gasteiger partial charge in [0.15, 0.2) is 0 Å². The lowest BCUT2D eigenvalue weighted by molar-refractivity contribution is -0.129. The smallest absolute Gasteiger partial charge is 0.339 e. The Bertz CT molecular complexity index is 753. The Labute approximate surface area is 150 Å². The summed E-state index contributed by atoms with van der Waals surface area (Å²) < 4.78 is 10.5. The number of ether oxygens (including phenoxy) is 1. The molecule has 0 radical (unpaired) electrons. The quantitative estimate of drug-likeness (QED) is 0.759. The number of thioether (sulfide) groups is 1. The van der Waals surface area contributed by atoms with E-state index in [-0.39, 0.29) is 23.3 Å². The van der Waals surface area contributed by atoms with Crippen LogP contribution in [0.3, 0.4) is 0 Å². The lowest BCUT2D eigenvalue weighted by atomic mass is 10.2.